The lowest BCUT2D eigenvalue weighted by atomic mass is 10.1. The van der Waals surface area contributed by atoms with E-state index in [2.05, 4.69) is 34.5 Å². The lowest BCUT2D eigenvalue weighted by Crippen LogP contribution is -2.45. The lowest BCUT2D eigenvalue weighted by molar-refractivity contribution is -0.123. The molecule has 222 valence electrons. The second-order valence-corrected chi connectivity index (χ2v) is 11.9. The van der Waals surface area contributed by atoms with Gasteiger partial charge in [-0.3, -0.25) is 19.3 Å². The Morgan fingerprint density at radius 3 is 2.74 bits per heavy atom. The summed E-state index contributed by atoms with van der Waals surface area (Å²) >= 11 is 1.37. The summed E-state index contributed by atoms with van der Waals surface area (Å²) in [5.74, 6) is -2.24. The van der Waals surface area contributed by atoms with Crippen molar-refractivity contribution in [1.82, 2.24) is 15.5 Å². The van der Waals surface area contributed by atoms with Crippen molar-refractivity contribution in [2.45, 2.75) is 42.9 Å². The average Bonchev–Trinajstić information content (AvgIpc) is 3.89. The highest BCUT2D eigenvalue weighted by Crippen LogP contribution is 2.52. The second-order valence-electron chi connectivity index (χ2n) is 10.7. The Labute approximate surface area is 248 Å². The Morgan fingerprint density at radius 2 is 2.07 bits per heavy atom. The minimum absolute atomic E-state index is 0.0526. The number of likely N-dealkylation sites (tertiary alicyclic amines) is 1. The molecule has 9 nitrogen and oxygen atoms in total. The van der Waals surface area contributed by atoms with Crippen LogP contribution >= 0.6 is 11.8 Å². The van der Waals surface area contributed by atoms with Gasteiger partial charge < -0.3 is 20.9 Å². The quantitative estimate of drug-likeness (QED) is 0.251. The zero-order valence-corrected chi connectivity index (χ0v) is 24.2. The van der Waals surface area contributed by atoms with Crippen molar-refractivity contribution in [2.75, 3.05) is 43.4 Å². The van der Waals surface area contributed by atoms with E-state index >= 15 is 0 Å². The Hall–Kier alpha value is -3.87. The number of hydrogen-bond donors (Lipinski definition) is 3. The smallest absolute Gasteiger partial charge is 0.261 e. The van der Waals surface area contributed by atoms with Gasteiger partial charge in [0.2, 0.25) is 11.8 Å². The number of piperidine rings is 1. The van der Waals surface area contributed by atoms with E-state index in [1.165, 1.54) is 22.9 Å². The number of nitriles is 1. The maximum Gasteiger partial charge on any atom is 0.261 e. The van der Waals surface area contributed by atoms with Crippen molar-refractivity contribution in [3.8, 4) is 18.4 Å². The highest BCUT2D eigenvalue weighted by Gasteiger charge is 2.49. The monoisotopic (exact) mass is 596 g/mol. The molecule has 3 aliphatic rings. The molecule has 3 N–H and O–H groups in total. The number of amides is 3. The summed E-state index contributed by atoms with van der Waals surface area (Å²) < 4.78 is 26.9. The van der Waals surface area contributed by atoms with E-state index in [1.807, 2.05) is 18.2 Å². The highest BCUT2D eigenvalue weighted by molar-refractivity contribution is 8.04. The van der Waals surface area contributed by atoms with Crippen LogP contribution < -0.4 is 20.9 Å². The second kappa shape index (κ2) is 13.4. The first-order valence-corrected chi connectivity index (χ1v) is 14.6. The van der Waals surface area contributed by atoms with Gasteiger partial charge in [-0.2, -0.15) is 5.26 Å². The van der Waals surface area contributed by atoms with Gasteiger partial charge in [0.15, 0.2) is 0 Å². The third kappa shape index (κ3) is 7.90. The highest BCUT2D eigenvalue weighted by atomic mass is 32.2. The fraction of sp³-hybridized carbons (Fsp3) is 0.467. The number of anilines is 2. The van der Waals surface area contributed by atoms with Crippen LogP contribution in [-0.2, 0) is 14.4 Å². The zero-order chi connectivity index (χ0) is 30.4. The minimum Gasteiger partial charge on any atom is -0.378 e. The first-order chi connectivity index (χ1) is 20.1. The molecule has 2 aliphatic carbocycles. The number of carbonyl (C=O) groups excluding carboxylic acids is 3. The molecule has 0 radical (unpaired) electrons. The number of halogens is 2. The molecule has 2 saturated carbocycles. The van der Waals surface area contributed by atoms with Crippen molar-refractivity contribution in [3.05, 3.63) is 47.5 Å². The minimum atomic E-state index is -2.66. The number of benzene rings is 1. The van der Waals surface area contributed by atoms with E-state index in [4.69, 9.17) is 6.42 Å². The average molecular weight is 597 g/mol. The normalized spacial score (nSPS) is 24.2. The van der Waals surface area contributed by atoms with E-state index in [0.29, 0.717) is 23.4 Å². The van der Waals surface area contributed by atoms with Crippen LogP contribution in [-0.4, -0.2) is 73.1 Å². The SMILES string of the molecule is C#CCNC(=O)C(C#N)[C@H]1CC1S/C(C(=O)NC=C)=C1\CC1Nc1cccc(N(C)C(=O)CN2CCC(F)(F)CC2)c1. The van der Waals surface area contributed by atoms with Crippen molar-refractivity contribution in [1.29, 1.82) is 5.26 Å². The van der Waals surface area contributed by atoms with Crippen molar-refractivity contribution >= 4 is 40.9 Å². The van der Waals surface area contributed by atoms with Crippen LogP contribution in [0.25, 0.3) is 0 Å². The van der Waals surface area contributed by atoms with Crippen LogP contribution in [0.4, 0.5) is 20.2 Å². The number of carbonyl (C=O) groups is 3. The molecule has 1 aliphatic heterocycles. The number of thioether (sulfide) groups is 1. The third-order valence-electron chi connectivity index (χ3n) is 7.57. The molecule has 3 fully saturated rings. The lowest BCUT2D eigenvalue weighted by Gasteiger charge is -2.32. The first-order valence-electron chi connectivity index (χ1n) is 13.7. The van der Waals surface area contributed by atoms with E-state index in [-0.39, 0.29) is 68.0 Å². The van der Waals surface area contributed by atoms with Crippen molar-refractivity contribution in [3.63, 3.8) is 0 Å². The van der Waals surface area contributed by atoms with Gasteiger partial charge in [-0.05, 0) is 48.7 Å². The number of likely N-dealkylation sites (N-methyl/N-ethyl adjacent to an activating group) is 1. The van der Waals surface area contributed by atoms with Gasteiger partial charge in [-0.15, -0.1) is 18.2 Å². The Morgan fingerprint density at radius 1 is 1.33 bits per heavy atom. The van der Waals surface area contributed by atoms with E-state index in [9.17, 15) is 28.4 Å². The maximum absolute atomic E-state index is 13.5. The Bertz CT molecular complexity index is 1340. The van der Waals surface area contributed by atoms with Crippen LogP contribution in [0.3, 0.4) is 0 Å². The molecular formula is C30H34F2N6O3S. The number of hydrogen-bond acceptors (Lipinski definition) is 7. The maximum atomic E-state index is 13.5. The van der Waals surface area contributed by atoms with Gasteiger partial charge in [0.05, 0.1) is 30.1 Å². The predicted molar refractivity (Wildman–Crippen MR) is 158 cm³/mol. The van der Waals surface area contributed by atoms with Gasteiger partial charge >= 0.3 is 0 Å². The summed E-state index contributed by atoms with van der Waals surface area (Å²) in [5, 5.41) is 18.1. The molecular weight excluding hydrogens is 562 g/mol. The molecule has 42 heavy (non-hydrogen) atoms. The van der Waals surface area contributed by atoms with Crippen LogP contribution in [0.5, 0.6) is 0 Å². The van der Waals surface area contributed by atoms with E-state index in [0.717, 1.165) is 11.3 Å². The molecule has 1 saturated heterocycles. The largest absolute Gasteiger partial charge is 0.378 e. The fourth-order valence-electron chi connectivity index (χ4n) is 4.89. The summed E-state index contributed by atoms with van der Waals surface area (Å²) in [5.41, 5.74) is 2.33. The molecule has 0 aromatic heterocycles. The molecule has 4 atom stereocenters. The molecule has 0 bridgehead atoms. The topological polar surface area (TPSA) is 118 Å². The summed E-state index contributed by atoms with van der Waals surface area (Å²) in [6, 6.07) is 9.28. The molecule has 4 rings (SSSR count). The predicted octanol–water partition coefficient (Wildman–Crippen LogP) is 3.09. The van der Waals surface area contributed by atoms with Crippen LogP contribution in [0, 0.1) is 35.5 Å². The number of terminal acetylenes is 1. The number of alkyl halides is 2. The summed E-state index contributed by atoms with van der Waals surface area (Å²) in [6.07, 6.45) is 7.29. The molecule has 1 heterocycles. The van der Waals surface area contributed by atoms with Crippen molar-refractivity contribution in [2.24, 2.45) is 11.8 Å². The summed E-state index contributed by atoms with van der Waals surface area (Å²) in [7, 11) is 1.66. The van der Waals surface area contributed by atoms with Gasteiger partial charge in [-0.1, -0.05) is 18.6 Å². The molecule has 3 amide bonds. The summed E-state index contributed by atoms with van der Waals surface area (Å²) in [4.78, 5) is 41.9. The van der Waals surface area contributed by atoms with Gasteiger partial charge in [0.25, 0.3) is 11.8 Å². The molecule has 12 heteroatoms. The molecule has 0 spiro atoms. The number of nitrogens with zero attached hydrogens (tertiary/aromatic N) is 3. The Kier molecular flexibility index (Phi) is 9.92. The fourth-order valence-corrected chi connectivity index (χ4v) is 6.39. The van der Waals surface area contributed by atoms with Gasteiger partial charge in [-0.25, -0.2) is 8.78 Å². The van der Waals surface area contributed by atoms with E-state index in [1.54, 1.807) is 18.0 Å². The van der Waals surface area contributed by atoms with Crippen molar-refractivity contribution < 1.29 is 23.2 Å². The molecule has 1 aromatic carbocycles. The van der Waals surface area contributed by atoms with Gasteiger partial charge in [0, 0.05) is 49.6 Å². The standard InChI is InChI=1S/C30H34F2N6O3S/c1-4-11-35-28(40)23(17-33)21-16-25(21)42-27(29(41)34-5-2)22-15-24(22)36-19-7-6-8-20(14-19)37(3)26(39)18-38-12-9-30(31,32)10-13-38/h1,5-8,14,21,23-25,36H,2,9-13,15-16,18H2,3H3,(H,34,41)(H,35,40)/b27-22+/t21-,23?,24?,25?/m1/s1. The molecule has 3 unspecified atom stereocenters. The first kappa shape index (κ1) is 31.1. The summed E-state index contributed by atoms with van der Waals surface area (Å²) in [6.45, 7) is 4.06. The van der Waals surface area contributed by atoms with Crippen LogP contribution in [0.15, 0.2) is 47.5 Å². The van der Waals surface area contributed by atoms with Crippen LogP contribution in [0.2, 0.25) is 0 Å². The third-order valence-corrected chi connectivity index (χ3v) is 9.10. The van der Waals surface area contributed by atoms with E-state index < -0.39 is 17.7 Å². The number of nitrogens with one attached hydrogen (secondary N) is 3. The van der Waals surface area contributed by atoms with Gasteiger partial charge in [0.1, 0.15) is 5.92 Å². The van der Waals surface area contributed by atoms with Crippen LogP contribution in [0.1, 0.15) is 25.7 Å². The zero-order valence-electron chi connectivity index (χ0n) is 23.4. The number of rotatable bonds is 12. The Balaban J connectivity index is 1.38. The molecule has 1 aromatic rings.